The second-order valence-electron chi connectivity index (χ2n) is 3.90. The van der Waals surface area contributed by atoms with Crippen LogP contribution in [0.3, 0.4) is 0 Å². The first kappa shape index (κ1) is 11.3. The Hall–Kier alpha value is -1.14. The Labute approximate surface area is 103 Å². The molecule has 2 rings (SSSR count). The molecule has 1 nitrogen and oxygen atoms in total. The van der Waals surface area contributed by atoms with Gasteiger partial charge in [-0.2, -0.15) is 5.26 Å². The van der Waals surface area contributed by atoms with E-state index in [1.165, 1.54) is 6.07 Å². The fraction of sp³-hybridized carbons (Fsp3) is 0.308. The molecule has 1 unspecified atom stereocenters. The molecular weight excluding hydrogens is 269 g/mol. The highest BCUT2D eigenvalue weighted by atomic mass is 79.9. The summed E-state index contributed by atoms with van der Waals surface area (Å²) in [6.45, 7) is 0. The standard InChI is InChI=1S/C13H11BrFN/c14-11-7-6-10(8-16)13(15)12(11)9-4-2-1-3-5-9/h2,4,6-7,9H,1,3,5H2. The first-order valence-electron chi connectivity index (χ1n) is 5.28. The van der Waals surface area contributed by atoms with E-state index in [4.69, 9.17) is 5.26 Å². The van der Waals surface area contributed by atoms with E-state index in [1.807, 2.05) is 12.1 Å². The predicted molar refractivity (Wildman–Crippen MR) is 64.5 cm³/mol. The molecule has 82 valence electrons. The molecule has 0 radical (unpaired) electrons. The van der Waals surface area contributed by atoms with E-state index in [-0.39, 0.29) is 17.3 Å². The number of hydrogen-bond donors (Lipinski definition) is 0. The number of nitriles is 1. The lowest BCUT2D eigenvalue weighted by Gasteiger charge is -2.19. The minimum Gasteiger partial charge on any atom is -0.205 e. The molecule has 0 saturated carbocycles. The minimum atomic E-state index is -0.381. The predicted octanol–water partition coefficient (Wildman–Crippen LogP) is 4.28. The highest BCUT2D eigenvalue weighted by Crippen LogP contribution is 2.35. The average Bonchev–Trinajstić information content (AvgIpc) is 2.31. The second kappa shape index (κ2) is 4.80. The Morgan fingerprint density at radius 3 is 2.88 bits per heavy atom. The maximum Gasteiger partial charge on any atom is 0.145 e. The Kier molecular flexibility index (Phi) is 3.40. The molecule has 1 aliphatic carbocycles. The van der Waals surface area contributed by atoms with Crippen molar-refractivity contribution in [1.82, 2.24) is 0 Å². The van der Waals surface area contributed by atoms with E-state index < -0.39 is 0 Å². The molecule has 1 aliphatic rings. The van der Waals surface area contributed by atoms with Crippen LogP contribution in [0.15, 0.2) is 28.8 Å². The summed E-state index contributed by atoms with van der Waals surface area (Å²) in [6.07, 6.45) is 7.20. The van der Waals surface area contributed by atoms with Crippen molar-refractivity contribution in [3.63, 3.8) is 0 Å². The number of allylic oxidation sites excluding steroid dienone is 2. The van der Waals surface area contributed by atoms with Crippen molar-refractivity contribution in [2.45, 2.75) is 25.2 Å². The molecule has 0 aliphatic heterocycles. The largest absolute Gasteiger partial charge is 0.205 e. The monoisotopic (exact) mass is 279 g/mol. The van der Waals surface area contributed by atoms with Gasteiger partial charge in [0.2, 0.25) is 0 Å². The fourth-order valence-corrected chi connectivity index (χ4v) is 2.65. The van der Waals surface area contributed by atoms with Gasteiger partial charge in [-0.25, -0.2) is 4.39 Å². The van der Waals surface area contributed by atoms with Crippen LogP contribution < -0.4 is 0 Å². The van der Waals surface area contributed by atoms with Crippen LogP contribution in [0.5, 0.6) is 0 Å². The van der Waals surface area contributed by atoms with Gasteiger partial charge in [-0.1, -0.05) is 28.1 Å². The average molecular weight is 280 g/mol. The number of hydrogen-bond acceptors (Lipinski definition) is 1. The van der Waals surface area contributed by atoms with E-state index in [1.54, 1.807) is 6.07 Å². The van der Waals surface area contributed by atoms with Crippen LogP contribution in [-0.2, 0) is 0 Å². The Morgan fingerprint density at radius 1 is 1.44 bits per heavy atom. The molecule has 1 aromatic rings. The van der Waals surface area contributed by atoms with Gasteiger partial charge < -0.3 is 0 Å². The molecule has 16 heavy (non-hydrogen) atoms. The first-order chi connectivity index (χ1) is 7.74. The summed E-state index contributed by atoms with van der Waals surface area (Å²) in [5.41, 5.74) is 0.743. The number of nitrogens with zero attached hydrogens (tertiary/aromatic N) is 1. The van der Waals surface area contributed by atoms with Gasteiger partial charge in [0.1, 0.15) is 11.9 Å². The van der Waals surface area contributed by atoms with Crippen LogP contribution >= 0.6 is 15.9 Å². The quantitative estimate of drug-likeness (QED) is 0.704. The summed E-state index contributed by atoms with van der Waals surface area (Å²) in [4.78, 5) is 0. The molecule has 0 fully saturated rings. The van der Waals surface area contributed by atoms with Crippen LogP contribution in [0.25, 0.3) is 0 Å². The maximum atomic E-state index is 14.0. The van der Waals surface area contributed by atoms with Crippen LogP contribution in [0, 0.1) is 17.1 Å². The lowest BCUT2D eigenvalue weighted by Crippen LogP contribution is -2.04. The van der Waals surface area contributed by atoms with Crippen LogP contribution in [0.2, 0.25) is 0 Å². The molecule has 0 amide bonds. The van der Waals surface area contributed by atoms with Crippen molar-refractivity contribution in [3.8, 4) is 6.07 Å². The van der Waals surface area contributed by atoms with Crippen LogP contribution in [0.4, 0.5) is 4.39 Å². The van der Waals surface area contributed by atoms with Gasteiger partial charge >= 0.3 is 0 Å². The summed E-state index contributed by atoms with van der Waals surface area (Å²) in [5, 5.41) is 8.81. The summed E-state index contributed by atoms with van der Waals surface area (Å²) in [7, 11) is 0. The van der Waals surface area contributed by atoms with Crippen LogP contribution in [-0.4, -0.2) is 0 Å². The second-order valence-corrected chi connectivity index (χ2v) is 4.75. The highest BCUT2D eigenvalue weighted by Gasteiger charge is 2.20. The summed E-state index contributed by atoms with van der Waals surface area (Å²) in [5.74, 6) is -0.287. The lowest BCUT2D eigenvalue weighted by atomic mass is 9.88. The zero-order valence-corrected chi connectivity index (χ0v) is 10.3. The van der Waals surface area contributed by atoms with E-state index in [2.05, 4.69) is 22.0 Å². The van der Waals surface area contributed by atoms with E-state index in [9.17, 15) is 4.39 Å². The van der Waals surface area contributed by atoms with Crippen molar-refractivity contribution in [3.05, 3.63) is 45.7 Å². The smallest absolute Gasteiger partial charge is 0.145 e. The molecule has 0 aromatic heterocycles. The van der Waals surface area contributed by atoms with E-state index in [0.717, 1.165) is 23.7 Å². The van der Waals surface area contributed by atoms with E-state index >= 15 is 0 Å². The zero-order chi connectivity index (χ0) is 11.5. The van der Waals surface area contributed by atoms with Crippen molar-refractivity contribution < 1.29 is 4.39 Å². The van der Waals surface area contributed by atoms with Gasteiger partial charge in [0.25, 0.3) is 0 Å². The Bertz CT molecular complexity index is 474. The third-order valence-electron chi connectivity index (χ3n) is 2.87. The van der Waals surface area contributed by atoms with Gasteiger partial charge in [-0.05, 0) is 31.4 Å². The maximum absolute atomic E-state index is 14.0. The molecular formula is C13H11BrFN. The fourth-order valence-electron chi connectivity index (χ4n) is 2.05. The highest BCUT2D eigenvalue weighted by molar-refractivity contribution is 9.10. The van der Waals surface area contributed by atoms with E-state index in [0.29, 0.717) is 5.56 Å². The summed E-state index contributed by atoms with van der Waals surface area (Å²) < 4.78 is 14.8. The summed E-state index contributed by atoms with van der Waals surface area (Å²) >= 11 is 3.36. The Morgan fingerprint density at radius 2 is 2.25 bits per heavy atom. The normalized spacial score (nSPS) is 19.4. The van der Waals surface area contributed by atoms with Gasteiger partial charge in [-0.3, -0.25) is 0 Å². The van der Waals surface area contributed by atoms with Crippen molar-refractivity contribution >= 4 is 15.9 Å². The van der Waals surface area contributed by atoms with Crippen LogP contribution in [0.1, 0.15) is 36.3 Å². The van der Waals surface area contributed by atoms with Gasteiger partial charge in [0.05, 0.1) is 5.56 Å². The number of rotatable bonds is 1. The SMILES string of the molecule is N#Cc1ccc(Br)c(C2C=CCCC2)c1F. The number of benzene rings is 1. The molecule has 0 bridgehead atoms. The van der Waals surface area contributed by atoms with Crippen molar-refractivity contribution in [1.29, 1.82) is 5.26 Å². The molecule has 3 heteroatoms. The Balaban J connectivity index is 2.50. The van der Waals surface area contributed by atoms with Gasteiger partial charge in [0, 0.05) is 16.0 Å². The molecule has 0 N–H and O–H groups in total. The molecule has 0 spiro atoms. The first-order valence-corrected chi connectivity index (χ1v) is 6.08. The minimum absolute atomic E-state index is 0.0939. The third kappa shape index (κ3) is 2.03. The van der Waals surface area contributed by atoms with Crippen molar-refractivity contribution in [2.75, 3.05) is 0 Å². The third-order valence-corrected chi connectivity index (χ3v) is 3.56. The summed E-state index contributed by atoms with van der Waals surface area (Å²) in [6, 6.07) is 5.14. The molecule has 1 atom stereocenters. The van der Waals surface area contributed by atoms with Gasteiger partial charge in [0.15, 0.2) is 0 Å². The number of halogens is 2. The lowest BCUT2D eigenvalue weighted by molar-refractivity contribution is 0.569. The molecule has 0 saturated heterocycles. The molecule has 0 heterocycles. The topological polar surface area (TPSA) is 23.8 Å². The zero-order valence-electron chi connectivity index (χ0n) is 8.71. The molecule has 1 aromatic carbocycles. The van der Waals surface area contributed by atoms with Crippen molar-refractivity contribution in [2.24, 2.45) is 0 Å². The van der Waals surface area contributed by atoms with Gasteiger partial charge in [-0.15, -0.1) is 0 Å².